The summed E-state index contributed by atoms with van der Waals surface area (Å²) in [7, 11) is 0. The van der Waals surface area contributed by atoms with Crippen molar-refractivity contribution in [3.8, 4) is 11.5 Å². The summed E-state index contributed by atoms with van der Waals surface area (Å²) >= 11 is 3.37. The van der Waals surface area contributed by atoms with E-state index in [1.807, 2.05) is 67.6 Å². The molecule has 3 aromatic rings. The maximum Gasteiger partial charge on any atom is 0.255 e. The van der Waals surface area contributed by atoms with Crippen LogP contribution in [0.4, 0.5) is 5.82 Å². The van der Waals surface area contributed by atoms with E-state index in [1.165, 1.54) is 0 Å². The number of dihydropyridines is 1. The van der Waals surface area contributed by atoms with Gasteiger partial charge in [-0.1, -0.05) is 44.2 Å². The summed E-state index contributed by atoms with van der Waals surface area (Å²) in [4.78, 5) is 31.6. The number of carbonyl (C=O) groups excluding carboxylic acids is 2. The second kappa shape index (κ2) is 12.6. The largest absolute Gasteiger partial charge is 0.457 e. The highest BCUT2D eigenvalue weighted by molar-refractivity contribution is 9.10. The van der Waals surface area contributed by atoms with Crippen molar-refractivity contribution in [2.24, 2.45) is 5.41 Å². The molecule has 1 aliphatic carbocycles. The minimum Gasteiger partial charge on any atom is -0.457 e. The standard InChI is InChI=1S/C30H28BrN3O3.C2H6O/c1-18-26(29(36)34-25-13-12-20(31)17-32-25)27(28-23(33-18)15-30(2,3)16-24(28)35)19-8-7-11-22(14-19)37-21-9-5-4-6-10-21;1-2-3/h4-14,17,27,33H,15-16H2,1-3H3,(H,32,34,36);3H,2H2,1H3. The molecule has 1 aromatic heterocycles. The Labute approximate surface area is 243 Å². The van der Waals surface area contributed by atoms with Crippen LogP contribution in [-0.4, -0.2) is 28.4 Å². The molecule has 0 saturated carbocycles. The number of amides is 1. The van der Waals surface area contributed by atoms with Gasteiger partial charge in [0.05, 0.1) is 0 Å². The van der Waals surface area contributed by atoms with Crippen LogP contribution in [-0.2, 0) is 9.59 Å². The molecule has 40 heavy (non-hydrogen) atoms. The first-order valence-electron chi connectivity index (χ1n) is 13.2. The van der Waals surface area contributed by atoms with Gasteiger partial charge < -0.3 is 20.5 Å². The highest BCUT2D eigenvalue weighted by atomic mass is 79.9. The zero-order valence-corrected chi connectivity index (χ0v) is 24.7. The van der Waals surface area contributed by atoms with Crippen molar-refractivity contribution in [3.05, 3.63) is 106 Å². The summed E-state index contributed by atoms with van der Waals surface area (Å²) in [5.41, 5.74) is 3.41. The Hall–Kier alpha value is -3.75. The van der Waals surface area contributed by atoms with Gasteiger partial charge in [0.25, 0.3) is 5.91 Å². The number of nitrogens with one attached hydrogen (secondary N) is 2. The average molecular weight is 605 g/mol. The molecule has 0 fully saturated rings. The molecule has 3 N–H and O–H groups in total. The number of benzene rings is 2. The molecule has 1 aliphatic heterocycles. The number of para-hydroxylation sites is 1. The summed E-state index contributed by atoms with van der Waals surface area (Å²) in [6.45, 7) is 8.01. The number of Topliss-reactive ketones (excluding diaryl/α,β-unsaturated/α-hetero) is 1. The number of ether oxygens (including phenoxy) is 1. The van der Waals surface area contributed by atoms with Crippen LogP contribution in [0.25, 0.3) is 0 Å². The minimum atomic E-state index is -0.533. The van der Waals surface area contributed by atoms with E-state index < -0.39 is 5.92 Å². The van der Waals surface area contributed by atoms with E-state index in [0.717, 1.165) is 27.9 Å². The fourth-order valence-electron chi connectivity index (χ4n) is 5.09. The van der Waals surface area contributed by atoms with Crippen molar-refractivity contribution in [1.82, 2.24) is 10.3 Å². The first-order valence-corrected chi connectivity index (χ1v) is 14.0. The summed E-state index contributed by atoms with van der Waals surface area (Å²) in [6, 6.07) is 20.7. The number of anilines is 1. The Kier molecular flexibility index (Phi) is 9.22. The number of hydrogen-bond acceptors (Lipinski definition) is 6. The van der Waals surface area contributed by atoms with Crippen LogP contribution in [0.5, 0.6) is 11.5 Å². The Morgan fingerprint density at radius 3 is 2.48 bits per heavy atom. The molecule has 5 rings (SSSR count). The molecule has 8 heteroatoms. The zero-order valence-electron chi connectivity index (χ0n) is 23.1. The number of rotatable bonds is 5. The predicted molar refractivity (Wildman–Crippen MR) is 160 cm³/mol. The molecule has 0 spiro atoms. The molecule has 1 atom stereocenters. The molecular weight excluding hydrogens is 570 g/mol. The summed E-state index contributed by atoms with van der Waals surface area (Å²) < 4.78 is 6.91. The third-order valence-corrected chi connectivity index (χ3v) is 7.09. The SMILES string of the molecule is CC1=C(C(=O)Nc2ccc(Br)cn2)C(c2cccc(Oc3ccccc3)c2)C2=C(CC(C)(C)CC2=O)N1.CCO. The fourth-order valence-corrected chi connectivity index (χ4v) is 5.32. The molecule has 208 valence electrons. The van der Waals surface area contributed by atoms with Crippen molar-refractivity contribution in [2.45, 2.75) is 46.5 Å². The van der Waals surface area contributed by atoms with Gasteiger partial charge >= 0.3 is 0 Å². The Morgan fingerprint density at radius 1 is 1.10 bits per heavy atom. The Morgan fingerprint density at radius 2 is 1.80 bits per heavy atom. The number of aliphatic hydroxyl groups excluding tert-OH is 1. The summed E-state index contributed by atoms with van der Waals surface area (Å²) in [5, 5.41) is 13.9. The van der Waals surface area contributed by atoms with E-state index >= 15 is 0 Å². The van der Waals surface area contributed by atoms with Crippen LogP contribution in [0.15, 0.2) is 99.9 Å². The number of aromatic nitrogens is 1. The Bertz CT molecular complexity index is 1450. The molecule has 1 amide bonds. The molecule has 0 bridgehead atoms. The number of halogens is 1. The van der Waals surface area contributed by atoms with E-state index in [2.05, 4.69) is 45.4 Å². The average Bonchev–Trinajstić information content (AvgIpc) is 2.89. The maximum atomic E-state index is 13.7. The van der Waals surface area contributed by atoms with Crippen LogP contribution in [0.1, 0.15) is 52.0 Å². The lowest BCUT2D eigenvalue weighted by molar-refractivity contribution is -0.118. The second-order valence-corrected chi connectivity index (χ2v) is 11.5. The van der Waals surface area contributed by atoms with Crippen LogP contribution < -0.4 is 15.4 Å². The monoisotopic (exact) mass is 603 g/mol. The molecule has 1 unspecified atom stereocenters. The molecule has 2 aliphatic rings. The predicted octanol–water partition coefficient (Wildman–Crippen LogP) is 6.88. The Balaban J connectivity index is 0.00000118. The highest BCUT2D eigenvalue weighted by Gasteiger charge is 2.42. The van der Waals surface area contributed by atoms with Crippen molar-refractivity contribution >= 4 is 33.4 Å². The molecule has 2 aromatic carbocycles. The number of carbonyl (C=O) groups is 2. The quantitative estimate of drug-likeness (QED) is 0.294. The summed E-state index contributed by atoms with van der Waals surface area (Å²) in [6.07, 6.45) is 2.78. The van der Waals surface area contributed by atoms with Crippen LogP contribution >= 0.6 is 15.9 Å². The van der Waals surface area contributed by atoms with E-state index in [1.54, 1.807) is 19.2 Å². The highest BCUT2D eigenvalue weighted by Crippen LogP contribution is 2.47. The van der Waals surface area contributed by atoms with Crippen LogP contribution in [0.3, 0.4) is 0 Å². The molecule has 0 radical (unpaired) electrons. The van der Waals surface area contributed by atoms with Crippen LogP contribution in [0, 0.1) is 5.41 Å². The maximum absolute atomic E-state index is 13.7. The lowest BCUT2D eigenvalue weighted by Crippen LogP contribution is -2.39. The topological polar surface area (TPSA) is 101 Å². The van der Waals surface area contributed by atoms with Gasteiger partial charge in [-0.2, -0.15) is 0 Å². The van der Waals surface area contributed by atoms with Gasteiger partial charge in [-0.15, -0.1) is 0 Å². The lowest BCUT2D eigenvalue weighted by Gasteiger charge is -2.39. The molecule has 7 nitrogen and oxygen atoms in total. The van der Waals surface area contributed by atoms with E-state index in [0.29, 0.717) is 34.9 Å². The first kappa shape index (κ1) is 29.2. The third-order valence-electron chi connectivity index (χ3n) is 6.62. The van der Waals surface area contributed by atoms with Gasteiger partial charge in [-0.25, -0.2) is 4.98 Å². The number of pyridine rings is 1. The lowest BCUT2D eigenvalue weighted by atomic mass is 9.68. The van der Waals surface area contributed by atoms with Gasteiger partial charge in [-0.3, -0.25) is 9.59 Å². The van der Waals surface area contributed by atoms with Crippen molar-refractivity contribution in [3.63, 3.8) is 0 Å². The first-order chi connectivity index (χ1) is 19.1. The van der Waals surface area contributed by atoms with Crippen molar-refractivity contribution < 1.29 is 19.4 Å². The van der Waals surface area contributed by atoms with E-state index in [4.69, 9.17) is 9.84 Å². The summed E-state index contributed by atoms with van der Waals surface area (Å²) in [5.74, 6) is 1.01. The number of hydrogen-bond donors (Lipinski definition) is 3. The van der Waals surface area contributed by atoms with Gasteiger partial charge in [0.2, 0.25) is 0 Å². The van der Waals surface area contributed by atoms with Gasteiger partial charge in [0, 0.05) is 52.2 Å². The fraction of sp³-hybridized carbons (Fsp3) is 0.281. The smallest absolute Gasteiger partial charge is 0.255 e. The number of ketones is 1. The molecule has 2 heterocycles. The van der Waals surface area contributed by atoms with Gasteiger partial charge in [0.1, 0.15) is 17.3 Å². The minimum absolute atomic E-state index is 0.0534. The zero-order chi connectivity index (χ0) is 28.9. The normalized spacial score (nSPS) is 17.8. The number of aliphatic hydroxyl groups is 1. The second-order valence-electron chi connectivity index (χ2n) is 10.5. The van der Waals surface area contributed by atoms with Gasteiger partial charge in [0.15, 0.2) is 5.78 Å². The number of allylic oxidation sites excluding steroid dienone is 3. The van der Waals surface area contributed by atoms with Crippen molar-refractivity contribution in [2.75, 3.05) is 11.9 Å². The van der Waals surface area contributed by atoms with Gasteiger partial charge in [-0.05, 0) is 83.6 Å². The third kappa shape index (κ3) is 6.87. The molecule has 0 saturated heterocycles. The van der Waals surface area contributed by atoms with Crippen LogP contribution in [0.2, 0.25) is 0 Å². The van der Waals surface area contributed by atoms with E-state index in [-0.39, 0.29) is 23.7 Å². The molecular formula is C32H34BrN3O4. The number of nitrogens with zero attached hydrogens (tertiary/aromatic N) is 1. The van der Waals surface area contributed by atoms with Crippen molar-refractivity contribution in [1.29, 1.82) is 0 Å². The van der Waals surface area contributed by atoms with E-state index in [9.17, 15) is 9.59 Å².